The second-order valence-corrected chi connectivity index (χ2v) is 9.42. The molecule has 5 nitrogen and oxygen atoms in total. The van der Waals surface area contributed by atoms with Crippen LogP contribution in [0.15, 0.2) is 71.1 Å². The topological polar surface area (TPSA) is 67.2 Å². The maximum atomic E-state index is 12.9. The van der Waals surface area contributed by atoms with E-state index in [2.05, 4.69) is 15.6 Å². The second kappa shape index (κ2) is 9.30. The van der Waals surface area contributed by atoms with E-state index >= 15 is 0 Å². The van der Waals surface area contributed by atoms with E-state index < -0.39 is 0 Å². The third-order valence-corrected chi connectivity index (χ3v) is 6.48. The van der Waals surface area contributed by atoms with Crippen molar-refractivity contribution in [2.45, 2.75) is 13.8 Å². The van der Waals surface area contributed by atoms with Gasteiger partial charge in [0, 0.05) is 21.7 Å². The zero-order valence-electron chi connectivity index (χ0n) is 18.8. The summed E-state index contributed by atoms with van der Waals surface area (Å²) in [5, 5.41) is 8.52. The molecule has 5 rings (SSSR count). The van der Waals surface area contributed by atoms with Crippen molar-refractivity contribution >= 4 is 74.0 Å². The number of carbonyl (C=O) groups is 1. The predicted molar refractivity (Wildman–Crippen MR) is 147 cm³/mol. The Labute approximate surface area is 217 Å². The Morgan fingerprint density at radius 3 is 2.54 bits per heavy atom. The summed E-state index contributed by atoms with van der Waals surface area (Å²) in [5.74, 6) is 0.0688. The molecule has 35 heavy (non-hydrogen) atoms. The number of halogens is 2. The summed E-state index contributed by atoms with van der Waals surface area (Å²) in [4.78, 5) is 17.6. The number of anilines is 1. The minimum atomic E-state index is -0.339. The Balaban J connectivity index is 1.38. The maximum absolute atomic E-state index is 12.9. The van der Waals surface area contributed by atoms with E-state index in [1.54, 1.807) is 36.4 Å². The van der Waals surface area contributed by atoms with Gasteiger partial charge < -0.3 is 9.73 Å². The molecule has 0 aliphatic carbocycles. The van der Waals surface area contributed by atoms with Gasteiger partial charge >= 0.3 is 0 Å². The molecule has 8 heteroatoms. The first-order valence-electron chi connectivity index (χ1n) is 10.8. The van der Waals surface area contributed by atoms with Gasteiger partial charge in [-0.05, 0) is 79.0 Å². The summed E-state index contributed by atoms with van der Waals surface area (Å²) in [6, 6.07) is 20.1. The second-order valence-electron chi connectivity index (χ2n) is 8.19. The lowest BCUT2D eigenvalue weighted by Gasteiger charge is -2.12. The molecule has 0 radical (unpaired) electrons. The largest absolute Gasteiger partial charge is 0.436 e. The molecule has 174 valence electrons. The Hall–Kier alpha value is -3.45. The first-order valence-corrected chi connectivity index (χ1v) is 11.9. The molecule has 0 aliphatic heterocycles. The molecule has 0 saturated carbocycles. The average Bonchev–Trinajstić information content (AvgIpc) is 3.24. The minimum Gasteiger partial charge on any atom is -0.436 e. The Morgan fingerprint density at radius 1 is 0.943 bits per heavy atom. The number of oxazole rings is 1. The van der Waals surface area contributed by atoms with Gasteiger partial charge in [0.15, 0.2) is 10.7 Å². The quantitative estimate of drug-likeness (QED) is 0.239. The van der Waals surface area contributed by atoms with Crippen molar-refractivity contribution in [3.63, 3.8) is 0 Å². The van der Waals surface area contributed by atoms with Gasteiger partial charge in [0.1, 0.15) is 5.52 Å². The van der Waals surface area contributed by atoms with Crippen LogP contribution in [0.5, 0.6) is 0 Å². The normalized spacial score (nSPS) is 11.1. The van der Waals surface area contributed by atoms with Crippen LogP contribution in [-0.4, -0.2) is 16.0 Å². The molecule has 2 N–H and O–H groups in total. The Bertz CT molecular complexity index is 1650. The molecule has 0 saturated heterocycles. The number of amides is 1. The van der Waals surface area contributed by atoms with Gasteiger partial charge in [0.2, 0.25) is 5.89 Å². The lowest BCUT2D eigenvalue weighted by Crippen LogP contribution is -2.34. The molecule has 0 unspecified atom stereocenters. The minimum absolute atomic E-state index is 0.145. The lowest BCUT2D eigenvalue weighted by molar-refractivity contribution is 0.0979. The van der Waals surface area contributed by atoms with Crippen LogP contribution in [-0.2, 0) is 0 Å². The van der Waals surface area contributed by atoms with E-state index in [9.17, 15) is 4.79 Å². The smallest absolute Gasteiger partial charge is 0.258 e. The van der Waals surface area contributed by atoms with Crippen LogP contribution < -0.4 is 10.6 Å². The highest BCUT2D eigenvalue weighted by molar-refractivity contribution is 7.80. The molecular weight excluding hydrogens is 501 g/mol. The van der Waals surface area contributed by atoms with E-state index in [0.29, 0.717) is 32.8 Å². The van der Waals surface area contributed by atoms with Crippen molar-refractivity contribution in [3.05, 3.63) is 93.5 Å². The van der Waals surface area contributed by atoms with E-state index in [1.807, 2.05) is 44.2 Å². The number of thiocarbonyl (C=S) groups is 1. The number of benzene rings is 4. The van der Waals surface area contributed by atoms with Crippen molar-refractivity contribution in [2.75, 3.05) is 5.32 Å². The molecule has 5 aromatic rings. The van der Waals surface area contributed by atoms with Crippen LogP contribution in [0.2, 0.25) is 10.0 Å². The Morgan fingerprint density at radius 2 is 1.71 bits per heavy atom. The molecule has 4 aromatic carbocycles. The third kappa shape index (κ3) is 4.60. The third-order valence-electron chi connectivity index (χ3n) is 5.62. The highest BCUT2D eigenvalue weighted by atomic mass is 35.5. The molecular formula is C27H19Cl2N3O2S. The standard InChI is InChI=1S/C27H19Cl2N3O2S/c1-14-11-15(2)24-23(12-14)31-26(34-24)20-13-16(9-10-22(20)29)30-27(35)32-25(33)19-7-3-6-18-17(19)5-4-8-21(18)28/h3-13H,1-2H3,(H2,30,32,33,35). The van der Waals surface area contributed by atoms with Crippen molar-refractivity contribution in [1.29, 1.82) is 0 Å². The van der Waals surface area contributed by atoms with Crippen molar-refractivity contribution in [3.8, 4) is 11.5 Å². The van der Waals surface area contributed by atoms with Gasteiger partial charge in [-0.2, -0.15) is 0 Å². The van der Waals surface area contributed by atoms with Gasteiger partial charge in [-0.3, -0.25) is 10.1 Å². The fourth-order valence-electron chi connectivity index (χ4n) is 4.06. The highest BCUT2D eigenvalue weighted by Crippen LogP contribution is 2.33. The van der Waals surface area contributed by atoms with E-state index in [1.165, 1.54) is 0 Å². The van der Waals surface area contributed by atoms with Crippen LogP contribution in [0.25, 0.3) is 33.3 Å². The number of nitrogens with zero attached hydrogens (tertiary/aromatic N) is 1. The summed E-state index contributed by atoms with van der Waals surface area (Å²) in [6.45, 7) is 4.00. The fraction of sp³-hybridized carbons (Fsp3) is 0.0741. The summed E-state index contributed by atoms with van der Waals surface area (Å²) < 4.78 is 6.02. The zero-order chi connectivity index (χ0) is 24.7. The molecule has 1 amide bonds. The number of aryl methyl sites for hydroxylation is 2. The fourth-order valence-corrected chi connectivity index (χ4v) is 4.71. The van der Waals surface area contributed by atoms with Gasteiger partial charge in [0.05, 0.1) is 10.6 Å². The Kier molecular flexibility index (Phi) is 6.19. The maximum Gasteiger partial charge on any atom is 0.258 e. The number of rotatable bonds is 3. The van der Waals surface area contributed by atoms with Crippen LogP contribution in [0.4, 0.5) is 5.69 Å². The molecule has 0 fully saturated rings. The predicted octanol–water partition coefficient (Wildman–Crippen LogP) is 7.70. The number of fused-ring (bicyclic) bond motifs is 2. The number of aromatic nitrogens is 1. The van der Waals surface area contributed by atoms with Crippen molar-refractivity contribution < 1.29 is 9.21 Å². The van der Waals surface area contributed by atoms with Gasteiger partial charge in [-0.1, -0.05) is 53.5 Å². The number of nitrogens with one attached hydrogen (secondary N) is 2. The first-order chi connectivity index (χ1) is 16.8. The van der Waals surface area contributed by atoms with Gasteiger partial charge in [-0.15, -0.1) is 0 Å². The van der Waals surface area contributed by atoms with Crippen LogP contribution >= 0.6 is 35.4 Å². The number of hydrogen-bond acceptors (Lipinski definition) is 4. The summed E-state index contributed by atoms with van der Waals surface area (Å²) >= 11 is 18.1. The summed E-state index contributed by atoms with van der Waals surface area (Å²) in [5.41, 5.74) is 5.31. The van der Waals surface area contributed by atoms with Gasteiger partial charge in [-0.25, -0.2) is 4.98 Å². The average molecular weight is 520 g/mol. The molecule has 1 aromatic heterocycles. The van der Waals surface area contributed by atoms with Crippen molar-refractivity contribution in [2.24, 2.45) is 0 Å². The number of hydrogen-bond donors (Lipinski definition) is 2. The molecule has 0 aliphatic rings. The zero-order valence-corrected chi connectivity index (χ0v) is 21.1. The van der Waals surface area contributed by atoms with E-state index in [-0.39, 0.29) is 11.0 Å². The monoisotopic (exact) mass is 519 g/mol. The molecule has 1 heterocycles. The summed E-state index contributed by atoms with van der Waals surface area (Å²) in [6.07, 6.45) is 0. The van der Waals surface area contributed by atoms with Crippen LogP contribution in [0.1, 0.15) is 21.5 Å². The van der Waals surface area contributed by atoms with Crippen LogP contribution in [0, 0.1) is 13.8 Å². The van der Waals surface area contributed by atoms with E-state index in [4.69, 9.17) is 39.8 Å². The summed E-state index contributed by atoms with van der Waals surface area (Å²) in [7, 11) is 0. The molecule has 0 spiro atoms. The van der Waals surface area contributed by atoms with Crippen molar-refractivity contribution in [1.82, 2.24) is 10.3 Å². The lowest BCUT2D eigenvalue weighted by atomic mass is 10.0. The van der Waals surface area contributed by atoms with Crippen LogP contribution in [0.3, 0.4) is 0 Å². The molecule has 0 atom stereocenters. The molecule has 0 bridgehead atoms. The highest BCUT2D eigenvalue weighted by Gasteiger charge is 2.16. The number of carbonyl (C=O) groups excluding carboxylic acids is 1. The first kappa shape index (κ1) is 23.3. The van der Waals surface area contributed by atoms with E-state index in [0.717, 1.165) is 33.0 Å². The SMILES string of the molecule is Cc1cc(C)c2oc(-c3cc(NC(=S)NC(=O)c4cccc5c(Cl)cccc45)ccc3Cl)nc2c1. The van der Waals surface area contributed by atoms with Gasteiger partial charge in [0.25, 0.3) is 5.91 Å².